The van der Waals surface area contributed by atoms with Gasteiger partial charge in [0.25, 0.3) is 0 Å². The third-order valence-electron chi connectivity index (χ3n) is 4.22. The van der Waals surface area contributed by atoms with Crippen molar-refractivity contribution in [3.8, 4) is 0 Å². The highest BCUT2D eigenvalue weighted by Crippen LogP contribution is 2.13. The summed E-state index contributed by atoms with van der Waals surface area (Å²) in [5, 5.41) is 0. The van der Waals surface area contributed by atoms with Gasteiger partial charge >= 0.3 is 6.09 Å². The number of carbonyl (C=O) groups excluding carboxylic acids is 2. The molecule has 10 heteroatoms. The Morgan fingerprint density at radius 3 is 2.04 bits per heavy atom. The van der Waals surface area contributed by atoms with Gasteiger partial charge in [0.15, 0.2) is 0 Å². The van der Waals surface area contributed by atoms with E-state index >= 15 is 0 Å². The van der Waals surface area contributed by atoms with Gasteiger partial charge in [0.2, 0.25) is 15.9 Å². The molecule has 0 aliphatic carbocycles. The third kappa shape index (κ3) is 6.10. The van der Waals surface area contributed by atoms with Crippen molar-refractivity contribution in [3.63, 3.8) is 0 Å². The van der Waals surface area contributed by atoms with Gasteiger partial charge in [-0.15, -0.1) is 0 Å². The van der Waals surface area contributed by atoms with Crippen LogP contribution in [-0.4, -0.2) is 98.4 Å². The fourth-order valence-corrected chi connectivity index (χ4v) is 4.19. The molecule has 0 spiro atoms. The maximum absolute atomic E-state index is 12.3. The molecule has 2 rings (SSSR count). The second-order valence-corrected chi connectivity index (χ2v) is 9.51. The van der Waals surface area contributed by atoms with Crippen molar-refractivity contribution in [2.75, 3.05) is 58.2 Å². The Morgan fingerprint density at radius 2 is 1.50 bits per heavy atom. The molecule has 0 saturated carbocycles. The molecule has 2 heterocycles. The van der Waals surface area contributed by atoms with Gasteiger partial charge in [0.05, 0.1) is 19.0 Å². The summed E-state index contributed by atoms with van der Waals surface area (Å²) in [6.07, 6.45) is -0.439. The molecule has 0 bridgehead atoms. The van der Waals surface area contributed by atoms with Gasteiger partial charge in [-0.05, 0) is 20.8 Å². The van der Waals surface area contributed by atoms with Crippen LogP contribution in [0.3, 0.4) is 0 Å². The van der Waals surface area contributed by atoms with Crippen LogP contribution >= 0.6 is 0 Å². The zero-order valence-electron chi connectivity index (χ0n) is 15.8. The molecular weight excluding hydrogens is 362 g/mol. The SMILES string of the molecule is CC(C)(C)OC(=O)N1CCN(C(=O)CCS(=O)(=O)N2CCOCC2)CC1. The zero-order valence-corrected chi connectivity index (χ0v) is 16.6. The minimum atomic E-state index is -3.44. The molecule has 0 radical (unpaired) electrons. The molecule has 2 amide bonds. The molecule has 2 fully saturated rings. The summed E-state index contributed by atoms with van der Waals surface area (Å²) in [7, 11) is -3.44. The van der Waals surface area contributed by atoms with Gasteiger partial charge in [0, 0.05) is 45.7 Å². The summed E-state index contributed by atoms with van der Waals surface area (Å²) < 4.78 is 36.4. The largest absolute Gasteiger partial charge is 0.444 e. The Labute approximate surface area is 155 Å². The molecule has 2 saturated heterocycles. The number of hydrogen-bond acceptors (Lipinski definition) is 6. The van der Waals surface area contributed by atoms with E-state index in [9.17, 15) is 18.0 Å². The Hall–Kier alpha value is -1.39. The predicted molar refractivity (Wildman–Crippen MR) is 95.2 cm³/mol. The minimum Gasteiger partial charge on any atom is -0.444 e. The highest BCUT2D eigenvalue weighted by molar-refractivity contribution is 7.89. The second kappa shape index (κ2) is 8.53. The number of carbonyl (C=O) groups is 2. The molecule has 0 atom stereocenters. The van der Waals surface area contributed by atoms with Crippen molar-refractivity contribution in [1.82, 2.24) is 14.1 Å². The molecule has 2 aliphatic rings. The number of rotatable bonds is 4. The van der Waals surface area contributed by atoms with E-state index in [4.69, 9.17) is 9.47 Å². The van der Waals surface area contributed by atoms with E-state index in [-0.39, 0.29) is 24.2 Å². The first kappa shape index (κ1) is 20.9. The maximum Gasteiger partial charge on any atom is 0.410 e. The first-order chi connectivity index (χ1) is 12.1. The van der Waals surface area contributed by atoms with E-state index < -0.39 is 15.6 Å². The highest BCUT2D eigenvalue weighted by Gasteiger charge is 2.29. The Balaban J connectivity index is 1.77. The van der Waals surface area contributed by atoms with Crippen LogP contribution in [0.15, 0.2) is 0 Å². The van der Waals surface area contributed by atoms with E-state index in [0.29, 0.717) is 52.5 Å². The van der Waals surface area contributed by atoms with Crippen LogP contribution in [-0.2, 0) is 24.3 Å². The topological polar surface area (TPSA) is 96.5 Å². The quantitative estimate of drug-likeness (QED) is 0.675. The summed E-state index contributed by atoms with van der Waals surface area (Å²) in [6.45, 7) is 8.41. The lowest BCUT2D eigenvalue weighted by Gasteiger charge is -2.35. The minimum absolute atomic E-state index is 0.0495. The van der Waals surface area contributed by atoms with Crippen LogP contribution in [0.25, 0.3) is 0 Å². The normalized spacial score (nSPS) is 20.1. The van der Waals surface area contributed by atoms with Crippen molar-refractivity contribution in [2.45, 2.75) is 32.8 Å². The third-order valence-corrected chi connectivity index (χ3v) is 6.09. The van der Waals surface area contributed by atoms with Crippen molar-refractivity contribution < 1.29 is 27.5 Å². The maximum atomic E-state index is 12.3. The molecular formula is C16H29N3O6S. The first-order valence-electron chi connectivity index (χ1n) is 8.90. The second-order valence-electron chi connectivity index (χ2n) is 7.43. The van der Waals surface area contributed by atoms with Crippen LogP contribution < -0.4 is 0 Å². The summed E-state index contributed by atoms with van der Waals surface area (Å²) in [5.74, 6) is -0.399. The Bertz CT molecular complexity index is 602. The van der Waals surface area contributed by atoms with Crippen LogP contribution in [0, 0.1) is 0 Å². The molecule has 0 N–H and O–H groups in total. The first-order valence-corrected chi connectivity index (χ1v) is 10.5. The van der Waals surface area contributed by atoms with E-state index in [2.05, 4.69) is 0 Å². The molecule has 9 nitrogen and oxygen atoms in total. The van der Waals surface area contributed by atoms with E-state index in [1.807, 2.05) is 0 Å². The monoisotopic (exact) mass is 391 g/mol. The number of sulfonamides is 1. The van der Waals surface area contributed by atoms with Crippen molar-refractivity contribution >= 4 is 22.0 Å². The van der Waals surface area contributed by atoms with Crippen molar-refractivity contribution in [3.05, 3.63) is 0 Å². The number of ether oxygens (including phenoxy) is 2. The highest BCUT2D eigenvalue weighted by atomic mass is 32.2. The number of amides is 2. The van der Waals surface area contributed by atoms with E-state index in [0.717, 1.165) is 0 Å². The molecule has 0 aromatic carbocycles. The summed E-state index contributed by atoms with van der Waals surface area (Å²) in [6, 6.07) is 0. The van der Waals surface area contributed by atoms with Crippen LogP contribution in [0.5, 0.6) is 0 Å². The average Bonchev–Trinajstić information content (AvgIpc) is 2.59. The van der Waals surface area contributed by atoms with Gasteiger partial charge in [-0.2, -0.15) is 4.31 Å². The number of morpholine rings is 1. The fourth-order valence-electron chi connectivity index (χ4n) is 2.79. The standard InChI is InChI=1S/C16H29N3O6S/c1-16(2,3)25-15(21)18-7-5-17(6-8-18)14(20)4-13-26(22,23)19-9-11-24-12-10-19/h4-13H2,1-3H3. The fraction of sp³-hybridized carbons (Fsp3) is 0.875. The number of nitrogens with zero attached hydrogens (tertiary/aromatic N) is 3. The van der Waals surface area contributed by atoms with Gasteiger partial charge in [-0.1, -0.05) is 0 Å². The summed E-state index contributed by atoms with van der Waals surface area (Å²) >= 11 is 0. The molecule has 0 aromatic heterocycles. The average molecular weight is 391 g/mol. The lowest BCUT2D eigenvalue weighted by molar-refractivity contribution is -0.132. The summed E-state index contributed by atoms with van der Waals surface area (Å²) in [5.41, 5.74) is -0.558. The Kier molecular flexibility index (Phi) is 6.86. The lowest BCUT2D eigenvalue weighted by Crippen LogP contribution is -2.52. The van der Waals surface area contributed by atoms with Crippen LogP contribution in [0.4, 0.5) is 4.79 Å². The molecule has 26 heavy (non-hydrogen) atoms. The number of piperazine rings is 1. The Morgan fingerprint density at radius 1 is 0.962 bits per heavy atom. The van der Waals surface area contributed by atoms with Gasteiger partial charge < -0.3 is 19.3 Å². The van der Waals surface area contributed by atoms with Crippen LogP contribution in [0.1, 0.15) is 27.2 Å². The van der Waals surface area contributed by atoms with E-state index in [1.165, 1.54) is 4.31 Å². The van der Waals surface area contributed by atoms with Crippen LogP contribution in [0.2, 0.25) is 0 Å². The zero-order chi connectivity index (χ0) is 19.4. The van der Waals surface area contributed by atoms with E-state index in [1.54, 1.807) is 30.6 Å². The molecule has 0 unspecified atom stereocenters. The van der Waals surface area contributed by atoms with Crippen molar-refractivity contribution in [1.29, 1.82) is 0 Å². The van der Waals surface area contributed by atoms with Gasteiger partial charge in [-0.3, -0.25) is 4.79 Å². The lowest BCUT2D eigenvalue weighted by atomic mass is 10.2. The molecule has 0 aromatic rings. The molecule has 2 aliphatic heterocycles. The van der Waals surface area contributed by atoms with Gasteiger partial charge in [-0.25, -0.2) is 13.2 Å². The van der Waals surface area contributed by atoms with Crippen molar-refractivity contribution in [2.24, 2.45) is 0 Å². The molecule has 150 valence electrons. The summed E-state index contributed by atoms with van der Waals surface area (Å²) in [4.78, 5) is 27.5. The number of hydrogen-bond donors (Lipinski definition) is 0. The van der Waals surface area contributed by atoms with Gasteiger partial charge in [0.1, 0.15) is 5.60 Å². The predicted octanol–water partition coefficient (Wildman–Crippen LogP) is 0.118. The smallest absolute Gasteiger partial charge is 0.410 e.